The lowest BCUT2D eigenvalue weighted by Gasteiger charge is -2.16. The number of benzene rings is 1. The van der Waals surface area contributed by atoms with E-state index in [-0.39, 0.29) is 6.04 Å². The van der Waals surface area contributed by atoms with E-state index >= 15 is 0 Å². The van der Waals surface area contributed by atoms with E-state index in [1.165, 1.54) is 22.3 Å². The minimum absolute atomic E-state index is 0.145. The molecule has 3 N–H and O–H groups in total. The summed E-state index contributed by atoms with van der Waals surface area (Å²) in [5, 5.41) is 4.22. The van der Waals surface area contributed by atoms with E-state index in [0.717, 1.165) is 10.9 Å². The molecule has 2 aromatic rings. The van der Waals surface area contributed by atoms with Crippen LogP contribution in [-0.2, 0) is 6.42 Å². The summed E-state index contributed by atoms with van der Waals surface area (Å²) in [4.78, 5) is 0. The molecule has 4 heteroatoms. The average molecular weight is 325 g/mol. The van der Waals surface area contributed by atoms with Gasteiger partial charge in [-0.25, -0.2) is 0 Å². The van der Waals surface area contributed by atoms with E-state index in [1.807, 2.05) is 0 Å². The molecular formula is C14H17BrN2S. The van der Waals surface area contributed by atoms with Crippen LogP contribution in [0, 0.1) is 13.8 Å². The molecule has 0 aliphatic heterocycles. The fourth-order valence-corrected chi connectivity index (χ4v) is 3.85. The van der Waals surface area contributed by atoms with Gasteiger partial charge in [-0.3, -0.25) is 11.3 Å². The van der Waals surface area contributed by atoms with Crippen LogP contribution in [0.2, 0.25) is 0 Å². The molecule has 0 amide bonds. The SMILES string of the molecule is Cc1cc(C)cc(CC(NN)c2cscc2Br)c1. The summed E-state index contributed by atoms with van der Waals surface area (Å²) in [6.07, 6.45) is 0.897. The molecule has 1 atom stereocenters. The molecule has 1 unspecified atom stereocenters. The predicted octanol–water partition coefficient (Wildman–Crippen LogP) is 3.87. The Labute approximate surface area is 120 Å². The van der Waals surface area contributed by atoms with Crippen LogP contribution in [0.3, 0.4) is 0 Å². The normalized spacial score (nSPS) is 12.7. The lowest BCUT2D eigenvalue weighted by molar-refractivity contribution is 0.551. The van der Waals surface area contributed by atoms with Gasteiger partial charge in [0.1, 0.15) is 0 Å². The average Bonchev–Trinajstić information content (AvgIpc) is 2.71. The largest absolute Gasteiger partial charge is 0.271 e. The molecule has 0 aliphatic carbocycles. The van der Waals surface area contributed by atoms with Crippen molar-refractivity contribution in [2.45, 2.75) is 26.3 Å². The third-order valence-electron chi connectivity index (χ3n) is 2.94. The van der Waals surface area contributed by atoms with Crippen molar-refractivity contribution in [2.24, 2.45) is 5.84 Å². The Morgan fingerprint density at radius 3 is 2.39 bits per heavy atom. The van der Waals surface area contributed by atoms with E-state index < -0.39 is 0 Å². The summed E-state index contributed by atoms with van der Waals surface area (Å²) >= 11 is 5.25. The molecule has 0 bridgehead atoms. The third kappa shape index (κ3) is 3.20. The van der Waals surface area contributed by atoms with Gasteiger partial charge in [-0.1, -0.05) is 29.3 Å². The van der Waals surface area contributed by atoms with Gasteiger partial charge < -0.3 is 0 Å². The molecule has 0 saturated heterocycles. The van der Waals surface area contributed by atoms with Crippen LogP contribution in [0.15, 0.2) is 33.4 Å². The number of hydrazine groups is 1. The number of aryl methyl sites for hydroxylation is 2. The number of hydrogen-bond donors (Lipinski definition) is 2. The molecule has 0 radical (unpaired) electrons. The van der Waals surface area contributed by atoms with E-state index in [0.29, 0.717) is 0 Å². The monoisotopic (exact) mass is 324 g/mol. The summed E-state index contributed by atoms with van der Waals surface area (Å²) in [6, 6.07) is 6.77. The fraction of sp³-hybridized carbons (Fsp3) is 0.286. The number of thiophene rings is 1. The molecule has 1 heterocycles. The Balaban J connectivity index is 2.23. The zero-order valence-corrected chi connectivity index (χ0v) is 12.9. The highest BCUT2D eigenvalue weighted by Gasteiger charge is 2.14. The topological polar surface area (TPSA) is 38.0 Å². The number of nitrogens with one attached hydrogen (secondary N) is 1. The van der Waals surface area contributed by atoms with Crippen LogP contribution in [-0.4, -0.2) is 0 Å². The van der Waals surface area contributed by atoms with Gasteiger partial charge in [-0.2, -0.15) is 11.3 Å². The highest BCUT2D eigenvalue weighted by molar-refractivity contribution is 9.10. The second-order valence-electron chi connectivity index (χ2n) is 4.59. The lowest BCUT2D eigenvalue weighted by atomic mass is 9.98. The Kier molecular flexibility index (Phi) is 4.56. The highest BCUT2D eigenvalue weighted by atomic mass is 79.9. The second kappa shape index (κ2) is 5.97. The Morgan fingerprint density at radius 2 is 1.89 bits per heavy atom. The van der Waals surface area contributed by atoms with E-state index in [1.54, 1.807) is 11.3 Å². The van der Waals surface area contributed by atoms with Crippen molar-refractivity contribution < 1.29 is 0 Å². The molecule has 2 nitrogen and oxygen atoms in total. The quantitative estimate of drug-likeness (QED) is 0.661. The summed E-state index contributed by atoms with van der Waals surface area (Å²) < 4.78 is 1.12. The number of rotatable bonds is 4. The van der Waals surface area contributed by atoms with Crippen LogP contribution in [0.25, 0.3) is 0 Å². The molecule has 0 aliphatic rings. The van der Waals surface area contributed by atoms with Crippen molar-refractivity contribution in [3.05, 3.63) is 55.7 Å². The standard InChI is InChI=1S/C14H17BrN2S/c1-9-3-10(2)5-11(4-9)6-14(17-16)12-7-18-8-13(12)15/h3-5,7-8,14,17H,6,16H2,1-2H3. The number of nitrogens with two attached hydrogens (primary N) is 1. The molecule has 96 valence electrons. The summed E-state index contributed by atoms with van der Waals surface area (Å²) in [6.45, 7) is 4.25. The molecule has 0 fully saturated rings. The first-order valence-electron chi connectivity index (χ1n) is 5.85. The highest BCUT2D eigenvalue weighted by Crippen LogP contribution is 2.29. The van der Waals surface area contributed by atoms with Crippen molar-refractivity contribution in [3.63, 3.8) is 0 Å². The first-order valence-corrected chi connectivity index (χ1v) is 7.58. The smallest absolute Gasteiger partial charge is 0.0519 e. The van der Waals surface area contributed by atoms with Gasteiger partial charge in [0.05, 0.1) is 6.04 Å². The molecule has 0 spiro atoms. The molecule has 1 aromatic carbocycles. The fourth-order valence-electron chi connectivity index (χ4n) is 2.22. The van der Waals surface area contributed by atoms with Gasteiger partial charge in [0.25, 0.3) is 0 Å². The van der Waals surface area contributed by atoms with Crippen LogP contribution >= 0.6 is 27.3 Å². The molecule has 18 heavy (non-hydrogen) atoms. The zero-order chi connectivity index (χ0) is 13.1. The van der Waals surface area contributed by atoms with Crippen LogP contribution < -0.4 is 11.3 Å². The molecule has 0 saturated carbocycles. The summed E-state index contributed by atoms with van der Waals surface area (Å²) in [5.74, 6) is 5.69. The van der Waals surface area contributed by atoms with E-state index in [2.05, 4.69) is 64.2 Å². The van der Waals surface area contributed by atoms with Gasteiger partial charge in [-0.15, -0.1) is 0 Å². The maximum Gasteiger partial charge on any atom is 0.0519 e. The molecule has 1 aromatic heterocycles. The number of hydrogen-bond acceptors (Lipinski definition) is 3. The minimum Gasteiger partial charge on any atom is -0.271 e. The van der Waals surface area contributed by atoms with Gasteiger partial charge >= 0.3 is 0 Å². The first-order chi connectivity index (χ1) is 8.60. The van der Waals surface area contributed by atoms with Crippen molar-refractivity contribution in [1.29, 1.82) is 0 Å². The van der Waals surface area contributed by atoms with Crippen molar-refractivity contribution in [1.82, 2.24) is 5.43 Å². The molecule has 2 rings (SSSR count). The van der Waals surface area contributed by atoms with Crippen molar-refractivity contribution >= 4 is 27.3 Å². The lowest BCUT2D eigenvalue weighted by Crippen LogP contribution is -2.29. The maximum absolute atomic E-state index is 5.69. The van der Waals surface area contributed by atoms with Gasteiger partial charge in [0.2, 0.25) is 0 Å². The first kappa shape index (κ1) is 13.7. The van der Waals surface area contributed by atoms with Crippen LogP contribution in [0.1, 0.15) is 28.3 Å². The zero-order valence-electron chi connectivity index (χ0n) is 10.5. The second-order valence-corrected chi connectivity index (χ2v) is 6.19. The van der Waals surface area contributed by atoms with Crippen molar-refractivity contribution in [3.8, 4) is 0 Å². The van der Waals surface area contributed by atoms with Crippen LogP contribution in [0.4, 0.5) is 0 Å². The Bertz CT molecular complexity index is 516. The van der Waals surface area contributed by atoms with E-state index in [9.17, 15) is 0 Å². The number of halogens is 1. The summed E-state index contributed by atoms with van der Waals surface area (Å²) in [5.41, 5.74) is 8.04. The predicted molar refractivity (Wildman–Crippen MR) is 81.7 cm³/mol. The Morgan fingerprint density at radius 1 is 1.22 bits per heavy atom. The summed E-state index contributed by atoms with van der Waals surface area (Å²) in [7, 11) is 0. The van der Waals surface area contributed by atoms with Gasteiger partial charge in [0.15, 0.2) is 0 Å². The van der Waals surface area contributed by atoms with Gasteiger partial charge in [0, 0.05) is 9.85 Å². The third-order valence-corrected chi connectivity index (χ3v) is 4.69. The maximum atomic E-state index is 5.69. The molecular weight excluding hydrogens is 308 g/mol. The minimum atomic E-state index is 0.145. The van der Waals surface area contributed by atoms with Crippen molar-refractivity contribution in [2.75, 3.05) is 0 Å². The van der Waals surface area contributed by atoms with Gasteiger partial charge in [-0.05, 0) is 52.7 Å². The van der Waals surface area contributed by atoms with E-state index in [4.69, 9.17) is 5.84 Å². The Hall–Kier alpha value is -0.680. The van der Waals surface area contributed by atoms with Crippen LogP contribution in [0.5, 0.6) is 0 Å².